The summed E-state index contributed by atoms with van der Waals surface area (Å²) in [6.45, 7) is 9.75. The molecule has 0 saturated carbocycles. The van der Waals surface area contributed by atoms with Gasteiger partial charge in [-0.15, -0.1) is 11.3 Å². The van der Waals surface area contributed by atoms with Crippen LogP contribution in [0.5, 0.6) is 0 Å². The van der Waals surface area contributed by atoms with Gasteiger partial charge in [-0.05, 0) is 62.6 Å². The van der Waals surface area contributed by atoms with Crippen LogP contribution >= 0.6 is 27.3 Å². The zero-order valence-electron chi connectivity index (χ0n) is 12.6. The molecule has 2 rings (SSSR count). The summed E-state index contributed by atoms with van der Waals surface area (Å²) in [4.78, 5) is 2.77. The van der Waals surface area contributed by atoms with Gasteiger partial charge < -0.3 is 5.32 Å². The summed E-state index contributed by atoms with van der Waals surface area (Å²) in [5, 5.41) is 3.68. The second-order valence-corrected chi connectivity index (χ2v) is 7.42. The molecule has 0 bridgehead atoms. The van der Waals surface area contributed by atoms with Crippen molar-refractivity contribution in [3.05, 3.63) is 55.2 Å². The molecule has 1 aromatic carbocycles. The van der Waals surface area contributed by atoms with Crippen molar-refractivity contribution in [2.45, 2.75) is 40.2 Å². The van der Waals surface area contributed by atoms with E-state index in [4.69, 9.17) is 0 Å². The first-order chi connectivity index (χ1) is 9.52. The Morgan fingerprint density at radius 1 is 1.15 bits per heavy atom. The topological polar surface area (TPSA) is 12.0 Å². The number of halogens is 1. The molecule has 1 unspecified atom stereocenters. The number of aryl methyl sites for hydroxylation is 3. The SMILES string of the molecule is CCCNC(c1cc(C)c(Br)c(C)c1)c1ccc(C)s1. The van der Waals surface area contributed by atoms with Gasteiger partial charge in [-0.3, -0.25) is 0 Å². The van der Waals surface area contributed by atoms with E-state index in [1.165, 1.54) is 30.9 Å². The van der Waals surface area contributed by atoms with Crippen LogP contribution in [-0.4, -0.2) is 6.54 Å². The Morgan fingerprint density at radius 3 is 2.30 bits per heavy atom. The Bertz CT molecular complexity index is 565. The summed E-state index contributed by atoms with van der Waals surface area (Å²) in [5.74, 6) is 0. The molecule has 0 saturated heterocycles. The molecule has 0 aliphatic carbocycles. The highest BCUT2D eigenvalue weighted by molar-refractivity contribution is 9.10. The molecule has 1 N–H and O–H groups in total. The Hall–Kier alpha value is -0.640. The zero-order chi connectivity index (χ0) is 14.7. The molecule has 3 heteroatoms. The zero-order valence-corrected chi connectivity index (χ0v) is 15.0. The molecule has 0 fully saturated rings. The maximum absolute atomic E-state index is 3.68. The van der Waals surface area contributed by atoms with Crippen molar-refractivity contribution in [3.63, 3.8) is 0 Å². The van der Waals surface area contributed by atoms with Crippen molar-refractivity contribution in [2.75, 3.05) is 6.54 Å². The molecule has 1 aromatic heterocycles. The van der Waals surface area contributed by atoms with Gasteiger partial charge >= 0.3 is 0 Å². The molecule has 0 amide bonds. The second-order valence-electron chi connectivity index (χ2n) is 5.30. The largest absolute Gasteiger partial charge is 0.306 e. The van der Waals surface area contributed by atoms with Crippen molar-refractivity contribution in [1.82, 2.24) is 5.32 Å². The maximum Gasteiger partial charge on any atom is 0.0671 e. The Morgan fingerprint density at radius 2 is 1.80 bits per heavy atom. The van der Waals surface area contributed by atoms with Gasteiger partial charge in [-0.2, -0.15) is 0 Å². The molecule has 0 spiro atoms. The first kappa shape index (κ1) is 15.7. The molecular formula is C17H22BrNS. The summed E-state index contributed by atoms with van der Waals surface area (Å²) in [6, 6.07) is 9.34. The van der Waals surface area contributed by atoms with E-state index >= 15 is 0 Å². The third-order valence-corrected chi connectivity index (χ3v) is 5.75. The van der Waals surface area contributed by atoms with E-state index in [2.05, 4.69) is 73.2 Å². The fourth-order valence-corrected chi connectivity index (χ4v) is 3.64. The Labute approximate surface area is 134 Å². The molecule has 20 heavy (non-hydrogen) atoms. The second kappa shape index (κ2) is 6.88. The molecule has 0 radical (unpaired) electrons. The van der Waals surface area contributed by atoms with Crippen LogP contribution in [0.2, 0.25) is 0 Å². The number of rotatable bonds is 5. The minimum atomic E-state index is 0.305. The van der Waals surface area contributed by atoms with Gasteiger partial charge in [0.15, 0.2) is 0 Å². The third kappa shape index (κ3) is 3.51. The fourth-order valence-electron chi connectivity index (χ4n) is 2.43. The molecular weight excluding hydrogens is 330 g/mol. The van der Waals surface area contributed by atoms with Crippen LogP contribution in [0.1, 0.15) is 45.8 Å². The summed E-state index contributed by atoms with van der Waals surface area (Å²) >= 11 is 5.54. The number of hydrogen-bond donors (Lipinski definition) is 1. The molecule has 1 nitrogen and oxygen atoms in total. The van der Waals surface area contributed by atoms with E-state index in [1.54, 1.807) is 0 Å². The van der Waals surface area contributed by atoms with Crippen LogP contribution in [-0.2, 0) is 0 Å². The normalized spacial score (nSPS) is 12.7. The smallest absolute Gasteiger partial charge is 0.0671 e. The fraction of sp³-hybridized carbons (Fsp3) is 0.412. The van der Waals surface area contributed by atoms with Gasteiger partial charge in [-0.25, -0.2) is 0 Å². The number of hydrogen-bond acceptors (Lipinski definition) is 2. The predicted octanol–water partition coefficient (Wildman–Crippen LogP) is 5.52. The van der Waals surface area contributed by atoms with Crippen LogP contribution in [0.25, 0.3) is 0 Å². The van der Waals surface area contributed by atoms with Crippen LogP contribution in [0.3, 0.4) is 0 Å². The molecule has 2 aromatic rings. The minimum absolute atomic E-state index is 0.305. The van der Waals surface area contributed by atoms with Gasteiger partial charge in [0.2, 0.25) is 0 Å². The number of benzene rings is 1. The van der Waals surface area contributed by atoms with E-state index in [0.29, 0.717) is 6.04 Å². The summed E-state index contributed by atoms with van der Waals surface area (Å²) in [5.41, 5.74) is 3.96. The van der Waals surface area contributed by atoms with Crippen molar-refractivity contribution in [3.8, 4) is 0 Å². The van der Waals surface area contributed by atoms with Crippen molar-refractivity contribution in [2.24, 2.45) is 0 Å². The Balaban J connectivity index is 2.40. The molecule has 0 aliphatic rings. The summed E-state index contributed by atoms with van der Waals surface area (Å²) < 4.78 is 1.22. The Kier molecular flexibility index (Phi) is 5.42. The monoisotopic (exact) mass is 351 g/mol. The van der Waals surface area contributed by atoms with Gasteiger partial charge in [-0.1, -0.05) is 35.0 Å². The molecule has 108 valence electrons. The molecule has 1 heterocycles. The van der Waals surface area contributed by atoms with E-state index in [9.17, 15) is 0 Å². The van der Waals surface area contributed by atoms with Crippen molar-refractivity contribution < 1.29 is 0 Å². The van der Waals surface area contributed by atoms with Crippen LogP contribution < -0.4 is 5.32 Å². The average Bonchev–Trinajstić information content (AvgIpc) is 2.83. The predicted molar refractivity (Wildman–Crippen MR) is 92.8 cm³/mol. The first-order valence-corrected chi connectivity index (χ1v) is 8.70. The number of thiophene rings is 1. The van der Waals surface area contributed by atoms with E-state index < -0.39 is 0 Å². The van der Waals surface area contributed by atoms with Crippen LogP contribution in [0, 0.1) is 20.8 Å². The lowest BCUT2D eigenvalue weighted by Gasteiger charge is -2.19. The first-order valence-electron chi connectivity index (χ1n) is 7.09. The highest BCUT2D eigenvalue weighted by atomic mass is 79.9. The van der Waals surface area contributed by atoms with E-state index in [0.717, 1.165) is 13.0 Å². The molecule has 0 aliphatic heterocycles. The van der Waals surface area contributed by atoms with E-state index in [1.807, 2.05) is 11.3 Å². The molecule has 1 atom stereocenters. The lowest BCUT2D eigenvalue weighted by Crippen LogP contribution is -2.22. The van der Waals surface area contributed by atoms with Gasteiger partial charge in [0.25, 0.3) is 0 Å². The average molecular weight is 352 g/mol. The quantitative estimate of drug-likeness (QED) is 0.747. The van der Waals surface area contributed by atoms with Crippen LogP contribution in [0.15, 0.2) is 28.7 Å². The van der Waals surface area contributed by atoms with Gasteiger partial charge in [0.1, 0.15) is 0 Å². The minimum Gasteiger partial charge on any atom is -0.306 e. The third-order valence-electron chi connectivity index (χ3n) is 3.44. The van der Waals surface area contributed by atoms with Crippen LogP contribution in [0.4, 0.5) is 0 Å². The highest BCUT2D eigenvalue weighted by Gasteiger charge is 2.16. The standard InChI is InChI=1S/C17H22BrNS/c1-5-8-19-17(15-7-6-13(4)20-15)14-9-11(2)16(18)12(3)10-14/h6-7,9-10,17,19H,5,8H2,1-4H3. The highest BCUT2D eigenvalue weighted by Crippen LogP contribution is 2.32. The van der Waals surface area contributed by atoms with Gasteiger partial charge in [0.05, 0.1) is 6.04 Å². The van der Waals surface area contributed by atoms with E-state index in [-0.39, 0.29) is 0 Å². The lowest BCUT2D eigenvalue weighted by molar-refractivity contribution is 0.605. The van der Waals surface area contributed by atoms with Crippen molar-refractivity contribution >= 4 is 27.3 Å². The lowest BCUT2D eigenvalue weighted by atomic mass is 10.00. The summed E-state index contributed by atoms with van der Waals surface area (Å²) in [6.07, 6.45) is 1.15. The van der Waals surface area contributed by atoms with Gasteiger partial charge in [0, 0.05) is 14.2 Å². The van der Waals surface area contributed by atoms with Crippen molar-refractivity contribution in [1.29, 1.82) is 0 Å². The maximum atomic E-state index is 3.68. The number of nitrogens with one attached hydrogen (secondary N) is 1. The summed E-state index contributed by atoms with van der Waals surface area (Å²) in [7, 11) is 0.